The van der Waals surface area contributed by atoms with E-state index in [0.717, 1.165) is 18.9 Å². The lowest BCUT2D eigenvalue weighted by Gasteiger charge is -2.15. The molecule has 0 bridgehead atoms. The summed E-state index contributed by atoms with van der Waals surface area (Å²) < 4.78 is 38.6. The van der Waals surface area contributed by atoms with Crippen molar-refractivity contribution in [3.05, 3.63) is 29.3 Å². The maximum Gasteiger partial charge on any atom is 0.416 e. The van der Waals surface area contributed by atoms with Gasteiger partial charge in [0, 0.05) is 18.2 Å². The summed E-state index contributed by atoms with van der Waals surface area (Å²) in [7, 11) is 0. The predicted octanol–water partition coefficient (Wildman–Crippen LogP) is 3.15. The van der Waals surface area contributed by atoms with Crippen molar-refractivity contribution in [2.45, 2.75) is 32.5 Å². The van der Waals surface area contributed by atoms with E-state index < -0.39 is 11.7 Å². The van der Waals surface area contributed by atoms with Crippen molar-refractivity contribution < 1.29 is 18.0 Å². The van der Waals surface area contributed by atoms with Crippen LogP contribution in [0.3, 0.4) is 0 Å². The molecule has 20 heavy (non-hydrogen) atoms. The quantitative estimate of drug-likeness (QED) is 0.893. The number of nitrogens with one attached hydrogen (secondary N) is 1. The predicted molar refractivity (Wildman–Crippen MR) is 69.9 cm³/mol. The number of benzene rings is 1. The third-order valence-electron chi connectivity index (χ3n) is 3.65. The lowest BCUT2D eigenvalue weighted by molar-refractivity contribution is -0.138. The molecular formula is C14H17F3N2O. The van der Waals surface area contributed by atoms with E-state index in [-0.39, 0.29) is 29.6 Å². The first-order chi connectivity index (χ1) is 9.32. The second kappa shape index (κ2) is 5.44. The molecule has 1 atom stereocenters. The molecule has 3 N–H and O–H groups in total. The Balaban J connectivity index is 2.18. The minimum absolute atomic E-state index is 0.0192. The number of amides is 1. The molecule has 0 aliphatic heterocycles. The average molecular weight is 286 g/mol. The number of halogens is 3. The van der Waals surface area contributed by atoms with Gasteiger partial charge in [-0.1, -0.05) is 13.0 Å². The van der Waals surface area contributed by atoms with E-state index in [2.05, 4.69) is 5.32 Å². The van der Waals surface area contributed by atoms with Crippen molar-refractivity contribution in [2.24, 2.45) is 17.6 Å². The average Bonchev–Trinajstić information content (AvgIpc) is 3.21. The number of hydrogen-bond acceptors (Lipinski definition) is 2. The SMILES string of the molecule is CC(C(=O)Nc1ccc(CN)c(C(F)(F)F)c1)C1CC1. The molecule has 1 saturated carbocycles. The lowest BCUT2D eigenvalue weighted by atomic mass is 10.0. The van der Waals surface area contributed by atoms with Crippen LogP contribution in [0.15, 0.2) is 18.2 Å². The fourth-order valence-electron chi connectivity index (χ4n) is 2.16. The zero-order valence-corrected chi connectivity index (χ0v) is 11.1. The summed E-state index contributed by atoms with van der Waals surface area (Å²) >= 11 is 0. The van der Waals surface area contributed by atoms with Gasteiger partial charge in [0.05, 0.1) is 5.56 Å². The molecule has 0 radical (unpaired) electrons. The Kier molecular flexibility index (Phi) is 4.04. The molecule has 0 aromatic heterocycles. The zero-order valence-electron chi connectivity index (χ0n) is 11.1. The van der Waals surface area contributed by atoms with Gasteiger partial charge in [-0.05, 0) is 36.5 Å². The van der Waals surface area contributed by atoms with Crippen LogP contribution in [0.4, 0.5) is 18.9 Å². The van der Waals surface area contributed by atoms with Crippen LogP contribution in [0.2, 0.25) is 0 Å². The number of carbonyl (C=O) groups is 1. The Bertz CT molecular complexity index is 510. The van der Waals surface area contributed by atoms with Crippen LogP contribution in [-0.4, -0.2) is 5.91 Å². The number of carbonyl (C=O) groups excluding carboxylic acids is 1. The second-order valence-electron chi connectivity index (χ2n) is 5.19. The van der Waals surface area contributed by atoms with Crippen molar-refractivity contribution in [1.82, 2.24) is 0 Å². The van der Waals surface area contributed by atoms with E-state index in [4.69, 9.17) is 5.73 Å². The molecule has 0 saturated heterocycles. The first-order valence-corrected chi connectivity index (χ1v) is 6.54. The van der Waals surface area contributed by atoms with Gasteiger partial charge in [-0.25, -0.2) is 0 Å². The van der Waals surface area contributed by atoms with E-state index >= 15 is 0 Å². The van der Waals surface area contributed by atoms with Crippen LogP contribution in [0, 0.1) is 11.8 Å². The maximum absolute atomic E-state index is 12.9. The van der Waals surface area contributed by atoms with Crippen LogP contribution >= 0.6 is 0 Å². The van der Waals surface area contributed by atoms with Crippen molar-refractivity contribution in [2.75, 3.05) is 5.32 Å². The largest absolute Gasteiger partial charge is 0.416 e. The molecule has 2 rings (SSSR count). The highest BCUT2D eigenvalue weighted by atomic mass is 19.4. The topological polar surface area (TPSA) is 55.1 Å². The normalized spacial score (nSPS) is 16.9. The number of nitrogens with two attached hydrogens (primary N) is 1. The minimum Gasteiger partial charge on any atom is -0.326 e. The summed E-state index contributed by atoms with van der Waals surface area (Å²) in [5.74, 6) is -0.0416. The van der Waals surface area contributed by atoms with Gasteiger partial charge in [-0.3, -0.25) is 4.79 Å². The minimum atomic E-state index is -4.47. The van der Waals surface area contributed by atoms with Gasteiger partial charge in [0.15, 0.2) is 0 Å². The fraction of sp³-hybridized carbons (Fsp3) is 0.500. The Morgan fingerprint density at radius 1 is 1.45 bits per heavy atom. The Labute approximate surface area is 115 Å². The summed E-state index contributed by atoms with van der Waals surface area (Å²) in [6.07, 6.45) is -2.46. The maximum atomic E-state index is 12.9. The van der Waals surface area contributed by atoms with E-state index in [1.165, 1.54) is 12.1 Å². The highest BCUT2D eigenvalue weighted by Gasteiger charge is 2.34. The molecule has 6 heteroatoms. The van der Waals surface area contributed by atoms with Crippen molar-refractivity contribution >= 4 is 11.6 Å². The van der Waals surface area contributed by atoms with Crippen LogP contribution in [0.25, 0.3) is 0 Å². The highest BCUT2D eigenvalue weighted by molar-refractivity contribution is 5.92. The summed E-state index contributed by atoms with van der Waals surface area (Å²) in [6, 6.07) is 3.70. The van der Waals surface area contributed by atoms with Gasteiger partial charge in [-0.15, -0.1) is 0 Å². The molecule has 1 aliphatic carbocycles. The van der Waals surface area contributed by atoms with Gasteiger partial charge in [0.2, 0.25) is 5.91 Å². The second-order valence-corrected chi connectivity index (χ2v) is 5.19. The molecule has 1 amide bonds. The van der Waals surface area contributed by atoms with E-state index in [1.54, 1.807) is 6.92 Å². The number of rotatable bonds is 4. The Morgan fingerprint density at radius 2 is 2.10 bits per heavy atom. The number of anilines is 1. The van der Waals surface area contributed by atoms with E-state index in [1.807, 2.05) is 0 Å². The highest BCUT2D eigenvalue weighted by Crippen LogP contribution is 2.37. The summed E-state index contributed by atoms with van der Waals surface area (Å²) in [5, 5.41) is 2.55. The lowest BCUT2D eigenvalue weighted by Crippen LogP contribution is -2.22. The monoisotopic (exact) mass is 286 g/mol. The Hall–Kier alpha value is -1.56. The van der Waals surface area contributed by atoms with Crippen LogP contribution in [0.1, 0.15) is 30.9 Å². The van der Waals surface area contributed by atoms with Gasteiger partial charge in [0.25, 0.3) is 0 Å². The molecule has 1 unspecified atom stereocenters. The molecule has 0 spiro atoms. The van der Waals surface area contributed by atoms with E-state index in [9.17, 15) is 18.0 Å². The summed E-state index contributed by atoms with van der Waals surface area (Å²) in [4.78, 5) is 11.9. The summed E-state index contributed by atoms with van der Waals surface area (Å²) in [6.45, 7) is 1.60. The van der Waals surface area contributed by atoms with Gasteiger partial charge < -0.3 is 11.1 Å². The molecule has 1 aromatic rings. The molecule has 3 nitrogen and oxygen atoms in total. The van der Waals surface area contributed by atoms with Crippen LogP contribution in [0.5, 0.6) is 0 Å². The first kappa shape index (κ1) is 14.8. The van der Waals surface area contributed by atoms with Gasteiger partial charge in [0.1, 0.15) is 0 Å². The van der Waals surface area contributed by atoms with Crippen LogP contribution in [-0.2, 0) is 17.5 Å². The standard InChI is InChI=1S/C14H17F3N2O/c1-8(9-2-3-9)13(20)19-11-5-4-10(7-18)12(6-11)14(15,16)17/h4-6,8-9H,2-3,7,18H2,1H3,(H,19,20). The van der Waals surface area contributed by atoms with Crippen LogP contribution < -0.4 is 11.1 Å². The number of alkyl halides is 3. The van der Waals surface area contributed by atoms with Crippen molar-refractivity contribution in [3.63, 3.8) is 0 Å². The van der Waals surface area contributed by atoms with Crippen molar-refractivity contribution in [3.8, 4) is 0 Å². The van der Waals surface area contributed by atoms with Crippen molar-refractivity contribution in [1.29, 1.82) is 0 Å². The number of hydrogen-bond donors (Lipinski definition) is 2. The third kappa shape index (κ3) is 3.30. The van der Waals surface area contributed by atoms with Gasteiger partial charge >= 0.3 is 6.18 Å². The molecule has 0 heterocycles. The Morgan fingerprint density at radius 3 is 2.60 bits per heavy atom. The third-order valence-corrected chi connectivity index (χ3v) is 3.65. The molecule has 1 fully saturated rings. The summed E-state index contributed by atoms with van der Waals surface area (Å²) in [5.41, 5.74) is 4.69. The molecular weight excluding hydrogens is 269 g/mol. The zero-order chi connectivity index (χ0) is 14.9. The molecule has 1 aromatic carbocycles. The van der Waals surface area contributed by atoms with E-state index in [0.29, 0.717) is 5.92 Å². The molecule has 1 aliphatic rings. The fourth-order valence-corrected chi connectivity index (χ4v) is 2.16. The first-order valence-electron chi connectivity index (χ1n) is 6.54. The smallest absolute Gasteiger partial charge is 0.326 e. The molecule has 110 valence electrons. The van der Waals surface area contributed by atoms with Gasteiger partial charge in [-0.2, -0.15) is 13.2 Å².